The van der Waals surface area contributed by atoms with Crippen molar-refractivity contribution in [1.82, 2.24) is 30.6 Å². The molecule has 0 radical (unpaired) electrons. The van der Waals surface area contributed by atoms with Crippen LogP contribution in [0.5, 0.6) is 5.75 Å². The molecular weight excluding hydrogens is 466 g/mol. The van der Waals surface area contributed by atoms with Gasteiger partial charge >= 0.3 is 0 Å². The minimum Gasteiger partial charge on any atom is -0.507 e. The number of hydrogen-bond donors (Lipinski definition) is 3. The minimum absolute atomic E-state index is 0.0828. The van der Waals surface area contributed by atoms with E-state index in [1.807, 2.05) is 42.1 Å². The zero-order chi connectivity index (χ0) is 25.5. The standard InChI is InChI=1S/C28H35N7O2/c1-20-8-14-35(33-20)28(26(37)31-21-7-13-29-27(18-21)9-4-10-27)11-15-34(16-12-28)22-17-24(32-30-19-22)23-5-2-3-6-25(23)36/h2-3,5-6,8,14,17,19,21,29,36H,4,7,9-13,15-16,18H2,1H3,(H,31,37). The largest absolute Gasteiger partial charge is 0.507 e. The van der Waals surface area contributed by atoms with Gasteiger partial charge < -0.3 is 20.6 Å². The van der Waals surface area contributed by atoms with Crippen molar-refractivity contribution < 1.29 is 9.90 Å². The molecule has 3 aromatic rings. The Balaban J connectivity index is 1.21. The third kappa shape index (κ3) is 4.45. The first-order valence-corrected chi connectivity index (χ1v) is 13.4. The number of aromatic nitrogens is 4. The van der Waals surface area contributed by atoms with Crippen molar-refractivity contribution in [3.8, 4) is 17.0 Å². The number of rotatable bonds is 5. The SMILES string of the molecule is Cc1ccn(C2(C(=O)NC3CCNC4(CCC4)C3)CCN(c3cnnc(-c4ccccc4O)c3)CC2)n1. The van der Waals surface area contributed by atoms with Crippen LogP contribution in [-0.4, -0.2) is 62.2 Å². The molecular formula is C28H35N7O2. The molecule has 2 aliphatic heterocycles. The highest BCUT2D eigenvalue weighted by atomic mass is 16.3. The van der Waals surface area contributed by atoms with Crippen molar-refractivity contribution in [1.29, 1.82) is 0 Å². The van der Waals surface area contributed by atoms with Gasteiger partial charge in [0.05, 0.1) is 23.3 Å². The molecule has 1 saturated carbocycles. The molecule has 9 heteroatoms. The Labute approximate surface area is 217 Å². The molecule has 2 aromatic heterocycles. The van der Waals surface area contributed by atoms with Crippen LogP contribution in [0.3, 0.4) is 0 Å². The van der Waals surface area contributed by atoms with Crippen LogP contribution < -0.4 is 15.5 Å². The van der Waals surface area contributed by atoms with E-state index in [0.717, 1.165) is 30.8 Å². The zero-order valence-electron chi connectivity index (χ0n) is 21.4. The number of nitrogens with one attached hydrogen (secondary N) is 2. The lowest BCUT2D eigenvalue weighted by Crippen LogP contribution is -2.62. The van der Waals surface area contributed by atoms with Crippen molar-refractivity contribution >= 4 is 11.6 Å². The average Bonchev–Trinajstić information content (AvgIpc) is 3.35. The molecule has 9 nitrogen and oxygen atoms in total. The summed E-state index contributed by atoms with van der Waals surface area (Å²) in [4.78, 5) is 16.2. The first-order valence-electron chi connectivity index (χ1n) is 13.4. The van der Waals surface area contributed by atoms with Crippen molar-refractivity contribution in [2.45, 2.75) is 69.0 Å². The smallest absolute Gasteiger partial charge is 0.248 e. The highest BCUT2D eigenvalue weighted by Gasteiger charge is 2.47. The predicted octanol–water partition coefficient (Wildman–Crippen LogP) is 3.14. The first-order chi connectivity index (χ1) is 18.0. The Kier molecular flexibility index (Phi) is 6.10. The monoisotopic (exact) mass is 501 g/mol. The lowest BCUT2D eigenvalue weighted by Gasteiger charge is -2.49. The number of para-hydroxylation sites is 1. The van der Waals surface area contributed by atoms with Crippen LogP contribution in [0.4, 0.5) is 5.69 Å². The maximum Gasteiger partial charge on any atom is 0.248 e. The lowest BCUT2D eigenvalue weighted by atomic mass is 9.70. The molecule has 1 spiro atoms. The Morgan fingerprint density at radius 2 is 1.97 bits per heavy atom. The summed E-state index contributed by atoms with van der Waals surface area (Å²) in [5, 5.41) is 30.6. The van der Waals surface area contributed by atoms with Crippen LogP contribution in [0.15, 0.2) is 48.8 Å². The summed E-state index contributed by atoms with van der Waals surface area (Å²) in [7, 11) is 0. The number of carbonyl (C=O) groups is 1. The van der Waals surface area contributed by atoms with Crippen LogP contribution in [0.2, 0.25) is 0 Å². The summed E-state index contributed by atoms with van der Waals surface area (Å²) in [5.74, 6) is 0.262. The van der Waals surface area contributed by atoms with Crippen LogP contribution in [0.25, 0.3) is 11.3 Å². The average molecular weight is 502 g/mol. The van der Waals surface area contributed by atoms with Gasteiger partial charge in [-0.25, -0.2) is 0 Å². The van der Waals surface area contributed by atoms with Gasteiger partial charge in [0.1, 0.15) is 11.3 Å². The number of nitrogens with zero attached hydrogens (tertiary/aromatic N) is 5. The van der Waals surface area contributed by atoms with E-state index in [1.165, 1.54) is 19.3 Å². The van der Waals surface area contributed by atoms with Gasteiger partial charge in [0, 0.05) is 36.4 Å². The van der Waals surface area contributed by atoms with Crippen molar-refractivity contribution in [3.63, 3.8) is 0 Å². The number of piperidine rings is 2. The van der Waals surface area contributed by atoms with Gasteiger partial charge in [-0.2, -0.15) is 15.3 Å². The van der Waals surface area contributed by atoms with Crippen molar-refractivity contribution in [2.24, 2.45) is 0 Å². The molecule has 3 aliphatic rings. The van der Waals surface area contributed by atoms with Crippen molar-refractivity contribution in [2.75, 3.05) is 24.5 Å². The molecule has 1 aliphatic carbocycles. The Hall–Kier alpha value is -3.46. The number of aromatic hydroxyl groups is 1. The van der Waals surface area contributed by atoms with E-state index in [9.17, 15) is 9.90 Å². The highest BCUT2D eigenvalue weighted by Crippen LogP contribution is 2.39. The predicted molar refractivity (Wildman–Crippen MR) is 141 cm³/mol. The van der Waals surface area contributed by atoms with E-state index < -0.39 is 5.54 Å². The number of carbonyl (C=O) groups excluding carboxylic acids is 1. The Bertz CT molecular complexity index is 1280. The van der Waals surface area contributed by atoms with Gasteiger partial charge in [0.15, 0.2) is 0 Å². The van der Waals surface area contributed by atoms with E-state index >= 15 is 0 Å². The van der Waals surface area contributed by atoms with Crippen LogP contribution >= 0.6 is 0 Å². The van der Waals surface area contributed by atoms with E-state index in [1.54, 1.807) is 18.3 Å². The van der Waals surface area contributed by atoms with Crippen LogP contribution in [0.1, 0.15) is 50.6 Å². The van der Waals surface area contributed by atoms with Gasteiger partial charge in [-0.15, -0.1) is 0 Å². The Morgan fingerprint density at radius 1 is 1.16 bits per heavy atom. The number of phenols is 1. The van der Waals surface area contributed by atoms with E-state index in [0.29, 0.717) is 37.2 Å². The maximum atomic E-state index is 14.0. The number of amides is 1. The summed E-state index contributed by atoms with van der Waals surface area (Å²) in [6, 6.07) is 11.3. The molecule has 1 atom stereocenters. The quantitative estimate of drug-likeness (QED) is 0.493. The molecule has 1 aromatic carbocycles. The molecule has 4 heterocycles. The molecule has 3 N–H and O–H groups in total. The molecule has 3 fully saturated rings. The number of aryl methyl sites for hydroxylation is 1. The third-order valence-corrected chi connectivity index (χ3v) is 8.64. The molecule has 37 heavy (non-hydrogen) atoms. The molecule has 1 unspecified atom stereocenters. The van der Waals surface area contributed by atoms with Crippen LogP contribution in [-0.2, 0) is 10.3 Å². The van der Waals surface area contributed by atoms with Crippen molar-refractivity contribution in [3.05, 3.63) is 54.5 Å². The second-order valence-electron chi connectivity index (χ2n) is 11.0. The third-order valence-electron chi connectivity index (χ3n) is 8.64. The molecule has 194 valence electrons. The van der Waals surface area contributed by atoms with E-state index in [-0.39, 0.29) is 23.2 Å². The fourth-order valence-electron chi connectivity index (χ4n) is 6.28. The zero-order valence-corrected chi connectivity index (χ0v) is 21.4. The Morgan fingerprint density at radius 3 is 2.68 bits per heavy atom. The second-order valence-corrected chi connectivity index (χ2v) is 11.0. The minimum atomic E-state index is -0.719. The van der Waals surface area contributed by atoms with Gasteiger partial charge in [-0.1, -0.05) is 12.1 Å². The summed E-state index contributed by atoms with van der Waals surface area (Å²) >= 11 is 0. The number of benzene rings is 1. The summed E-state index contributed by atoms with van der Waals surface area (Å²) in [6.45, 7) is 4.30. The lowest BCUT2D eigenvalue weighted by molar-refractivity contribution is -0.133. The number of phenolic OH excluding ortho intramolecular Hbond substituents is 1. The second kappa shape index (κ2) is 9.45. The van der Waals surface area contributed by atoms with Gasteiger partial charge in [0.2, 0.25) is 5.91 Å². The van der Waals surface area contributed by atoms with E-state index in [4.69, 9.17) is 5.10 Å². The topological polar surface area (TPSA) is 108 Å². The first kappa shape index (κ1) is 23.9. The summed E-state index contributed by atoms with van der Waals surface area (Å²) in [6.07, 6.45) is 10.7. The summed E-state index contributed by atoms with van der Waals surface area (Å²) < 4.78 is 1.90. The molecule has 1 amide bonds. The van der Waals surface area contributed by atoms with Gasteiger partial charge in [0.25, 0.3) is 0 Å². The van der Waals surface area contributed by atoms with Crippen LogP contribution in [0, 0.1) is 6.92 Å². The number of anilines is 1. The normalized spacial score (nSPS) is 22.4. The maximum absolute atomic E-state index is 14.0. The van der Waals surface area contributed by atoms with E-state index in [2.05, 4.69) is 25.7 Å². The number of hydrogen-bond acceptors (Lipinski definition) is 7. The van der Waals surface area contributed by atoms with Gasteiger partial charge in [-0.05, 0) is 82.7 Å². The molecule has 0 bridgehead atoms. The fraction of sp³-hybridized carbons (Fsp3) is 0.500. The summed E-state index contributed by atoms with van der Waals surface area (Å²) in [5.41, 5.74) is 2.64. The van der Waals surface area contributed by atoms with Gasteiger partial charge in [-0.3, -0.25) is 9.48 Å². The molecule has 2 saturated heterocycles. The fourth-order valence-corrected chi connectivity index (χ4v) is 6.28. The molecule has 6 rings (SSSR count). The highest BCUT2D eigenvalue weighted by molar-refractivity contribution is 5.85.